The third kappa shape index (κ3) is 2.82. The molecule has 13 heavy (non-hydrogen) atoms. The van der Waals surface area contributed by atoms with Gasteiger partial charge in [0.1, 0.15) is 6.67 Å². The monoisotopic (exact) mass is 184 g/mol. The summed E-state index contributed by atoms with van der Waals surface area (Å²) in [6.07, 6.45) is 3.27. The SMILES string of the molecule is COC(=O)C[n+]1cccc(CF)c1. The quantitative estimate of drug-likeness (QED) is 0.509. The van der Waals surface area contributed by atoms with Crippen molar-refractivity contribution >= 4 is 5.97 Å². The third-order valence-electron chi connectivity index (χ3n) is 1.61. The van der Waals surface area contributed by atoms with Gasteiger partial charge in [-0.3, -0.25) is 0 Å². The van der Waals surface area contributed by atoms with Crippen LogP contribution in [-0.4, -0.2) is 13.1 Å². The highest BCUT2D eigenvalue weighted by molar-refractivity contribution is 5.67. The highest BCUT2D eigenvalue weighted by atomic mass is 19.1. The van der Waals surface area contributed by atoms with Crippen LogP contribution in [0.25, 0.3) is 0 Å². The average Bonchev–Trinajstić information content (AvgIpc) is 2.18. The van der Waals surface area contributed by atoms with Gasteiger partial charge in [-0.05, 0) is 6.07 Å². The molecule has 3 nitrogen and oxygen atoms in total. The van der Waals surface area contributed by atoms with Crippen molar-refractivity contribution < 1.29 is 18.5 Å². The number of hydrogen-bond acceptors (Lipinski definition) is 2. The van der Waals surface area contributed by atoms with E-state index in [1.807, 2.05) is 0 Å². The van der Waals surface area contributed by atoms with Crippen LogP contribution in [0.15, 0.2) is 24.5 Å². The van der Waals surface area contributed by atoms with Crippen LogP contribution in [0.5, 0.6) is 0 Å². The van der Waals surface area contributed by atoms with E-state index in [9.17, 15) is 9.18 Å². The van der Waals surface area contributed by atoms with Gasteiger partial charge in [-0.15, -0.1) is 0 Å². The van der Waals surface area contributed by atoms with Crippen LogP contribution < -0.4 is 4.57 Å². The molecule has 0 aliphatic carbocycles. The Labute approximate surface area is 75.8 Å². The van der Waals surface area contributed by atoms with Crippen molar-refractivity contribution in [2.45, 2.75) is 13.2 Å². The van der Waals surface area contributed by atoms with E-state index in [1.54, 1.807) is 29.1 Å². The third-order valence-corrected chi connectivity index (χ3v) is 1.61. The number of esters is 1. The van der Waals surface area contributed by atoms with Gasteiger partial charge in [-0.2, -0.15) is 4.57 Å². The summed E-state index contributed by atoms with van der Waals surface area (Å²) in [5.41, 5.74) is 0.548. The number of aromatic nitrogens is 1. The van der Waals surface area contributed by atoms with Crippen molar-refractivity contribution in [2.24, 2.45) is 0 Å². The van der Waals surface area contributed by atoms with Crippen molar-refractivity contribution in [3.05, 3.63) is 30.1 Å². The summed E-state index contributed by atoms with van der Waals surface area (Å²) in [6, 6.07) is 3.35. The number of hydrogen-bond donors (Lipinski definition) is 0. The highest BCUT2D eigenvalue weighted by Crippen LogP contribution is 1.95. The number of nitrogens with zero attached hydrogens (tertiary/aromatic N) is 1. The van der Waals surface area contributed by atoms with E-state index >= 15 is 0 Å². The molecule has 1 aromatic heterocycles. The molecule has 1 aromatic rings. The van der Waals surface area contributed by atoms with Crippen LogP contribution in [0.3, 0.4) is 0 Å². The average molecular weight is 184 g/mol. The van der Waals surface area contributed by atoms with E-state index < -0.39 is 6.67 Å². The van der Waals surface area contributed by atoms with Crippen LogP contribution in [0.4, 0.5) is 4.39 Å². The Balaban J connectivity index is 2.71. The number of methoxy groups -OCH3 is 1. The number of carbonyl (C=O) groups excluding carboxylic acids is 1. The maximum absolute atomic E-state index is 12.2. The number of halogens is 1. The van der Waals surface area contributed by atoms with Gasteiger partial charge in [0.25, 0.3) is 0 Å². The zero-order valence-corrected chi connectivity index (χ0v) is 7.37. The van der Waals surface area contributed by atoms with Gasteiger partial charge in [-0.1, -0.05) is 0 Å². The maximum Gasteiger partial charge on any atom is 0.372 e. The summed E-state index contributed by atoms with van der Waals surface area (Å²) in [4.78, 5) is 10.8. The summed E-state index contributed by atoms with van der Waals surface area (Å²) in [6.45, 7) is -0.410. The number of ether oxygens (including phenoxy) is 1. The molecule has 0 saturated carbocycles. The van der Waals surface area contributed by atoms with Crippen LogP contribution in [0, 0.1) is 0 Å². The Morgan fingerprint density at radius 1 is 1.69 bits per heavy atom. The molecule has 0 N–H and O–H groups in total. The van der Waals surface area contributed by atoms with Crippen LogP contribution in [0.2, 0.25) is 0 Å². The Bertz CT molecular complexity index is 301. The van der Waals surface area contributed by atoms with Gasteiger partial charge in [0.2, 0.25) is 6.54 Å². The standard InChI is InChI=1S/C9H11FNO2/c1-13-9(12)7-11-4-2-3-8(5-10)6-11/h2-4,6H,5,7H2,1H3/q+1. The molecule has 70 valence electrons. The van der Waals surface area contributed by atoms with Gasteiger partial charge >= 0.3 is 5.97 Å². The van der Waals surface area contributed by atoms with E-state index in [0.717, 1.165) is 0 Å². The summed E-state index contributed by atoms with van der Waals surface area (Å²) in [5, 5.41) is 0. The first-order valence-electron chi connectivity index (χ1n) is 3.87. The largest absolute Gasteiger partial charge is 0.464 e. The first-order chi connectivity index (χ1) is 6.26. The molecule has 0 amide bonds. The number of carbonyl (C=O) groups is 1. The van der Waals surface area contributed by atoms with Crippen LogP contribution in [0.1, 0.15) is 5.56 Å². The van der Waals surface area contributed by atoms with Gasteiger partial charge < -0.3 is 4.74 Å². The Kier molecular flexibility index (Phi) is 3.37. The molecule has 1 heterocycles. The van der Waals surface area contributed by atoms with Gasteiger partial charge in [0.05, 0.1) is 7.11 Å². The zero-order valence-electron chi connectivity index (χ0n) is 7.37. The van der Waals surface area contributed by atoms with Crippen LogP contribution >= 0.6 is 0 Å². The van der Waals surface area contributed by atoms with E-state index in [4.69, 9.17) is 0 Å². The second kappa shape index (κ2) is 4.54. The molecule has 0 aliphatic heterocycles. The minimum atomic E-state index is -0.526. The molecule has 0 bridgehead atoms. The molecule has 0 saturated heterocycles. The summed E-state index contributed by atoms with van der Waals surface area (Å²) in [7, 11) is 1.32. The lowest BCUT2D eigenvalue weighted by atomic mass is 10.3. The Hall–Kier alpha value is -1.45. The lowest BCUT2D eigenvalue weighted by molar-refractivity contribution is -0.686. The van der Waals surface area contributed by atoms with Crippen molar-refractivity contribution in [3.8, 4) is 0 Å². The molecule has 0 aliphatic rings. The van der Waals surface area contributed by atoms with Crippen molar-refractivity contribution in [2.75, 3.05) is 7.11 Å². The minimum absolute atomic E-state index is 0.115. The molecular weight excluding hydrogens is 173 g/mol. The fourth-order valence-corrected chi connectivity index (χ4v) is 0.967. The number of rotatable bonds is 3. The lowest BCUT2D eigenvalue weighted by Crippen LogP contribution is -2.38. The predicted octanol–water partition coefficient (Wildman–Crippen LogP) is 0.617. The van der Waals surface area contributed by atoms with E-state index in [0.29, 0.717) is 5.56 Å². The lowest BCUT2D eigenvalue weighted by Gasteiger charge is -1.96. The fourth-order valence-electron chi connectivity index (χ4n) is 0.967. The molecule has 0 radical (unpaired) electrons. The topological polar surface area (TPSA) is 30.2 Å². The first kappa shape index (κ1) is 9.64. The number of pyridine rings is 1. The highest BCUT2D eigenvalue weighted by Gasteiger charge is 2.08. The van der Waals surface area contributed by atoms with Crippen molar-refractivity contribution in [3.63, 3.8) is 0 Å². The second-order valence-electron chi connectivity index (χ2n) is 2.59. The van der Waals surface area contributed by atoms with E-state index in [1.165, 1.54) is 7.11 Å². The minimum Gasteiger partial charge on any atom is -0.464 e. The first-order valence-corrected chi connectivity index (χ1v) is 3.87. The Morgan fingerprint density at radius 3 is 3.08 bits per heavy atom. The second-order valence-corrected chi connectivity index (χ2v) is 2.59. The summed E-state index contributed by atoms with van der Waals surface area (Å²) < 4.78 is 18.3. The maximum atomic E-state index is 12.2. The van der Waals surface area contributed by atoms with E-state index in [-0.39, 0.29) is 12.5 Å². The Morgan fingerprint density at radius 2 is 2.46 bits per heavy atom. The molecule has 0 spiro atoms. The normalized spacial score (nSPS) is 9.69. The molecule has 1 rings (SSSR count). The van der Waals surface area contributed by atoms with Gasteiger partial charge in [0.15, 0.2) is 12.4 Å². The number of alkyl halides is 1. The van der Waals surface area contributed by atoms with Crippen LogP contribution in [-0.2, 0) is 22.8 Å². The molecule has 0 aromatic carbocycles. The summed E-state index contributed by atoms with van der Waals surface area (Å²) in [5.74, 6) is -0.346. The zero-order chi connectivity index (χ0) is 9.68. The molecular formula is C9H11FNO2+. The van der Waals surface area contributed by atoms with E-state index in [2.05, 4.69) is 4.74 Å². The molecule has 0 fully saturated rings. The smallest absolute Gasteiger partial charge is 0.372 e. The van der Waals surface area contributed by atoms with Crippen molar-refractivity contribution in [1.82, 2.24) is 0 Å². The molecule has 4 heteroatoms. The van der Waals surface area contributed by atoms with Gasteiger partial charge in [0, 0.05) is 11.6 Å². The molecule has 0 unspecified atom stereocenters. The predicted molar refractivity (Wildman–Crippen MR) is 43.5 cm³/mol. The fraction of sp³-hybridized carbons (Fsp3) is 0.333. The molecule has 0 atom stereocenters. The summed E-state index contributed by atoms with van der Waals surface area (Å²) >= 11 is 0. The van der Waals surface area contributed by atoms with Gasteiger partial charge in [-0.25, -0.2) is 9.18 Å². The van der Waals surface area contributed by atoms with Crippen molar-refractivity contribution in [1.29, 1.82) is 0 Å².